The predicted octanol–water partition coefficient (Wildman–Crippen LogP) is 5.33. The maximum absolute atomic E-state index is 12.4. The third kappa shape index (κ3) is 3.49. The van der Waals surface area contributed by atoms with Crippen LogP contribution in [0.5, 0.6) is 0 Å². The molecule has 0 aliphatic heterocycles. The van der Waals surface area contributed by atoms with Gasteiger partial charge >= 0.3 is 0 Å². The topological polar surface area (TPSA) is 29.1 Å². The van der Waals surface area contributed by atoms with Crippen molar-refractivity contribution in [1.82, 2.24) is 0 Å². The molecule has 1 N–H and O–H groups in total. The summed E-state index contributed by atoms with van der Waals surface area (Å²) in [7, 11) is 0. The number of carbonyl (C=O) groups is 1. The molecule has 2 rings (SSSR count). The summed E-state index contributed by atoms with van der Waals surface area (Å²) in [6, 6.07) is 11.6. The second-order valence-electron chi connectivity index (χ2n) is 4.57. The Labute approximate surface area is 135 Å². The summed E-state index contributed by atoms with van der Waals surface area (Å²) >= 11 is 6.85. The number of rotatable bonds is 3. The fraction of sp³-hybridized carbons (Fsp3) is 0.188. The summed E-state index contributed by atoms with van der Waals surface area (Å²) in [5.74, 6) is -0.0826. The van der Waals surface area contributed by atoms with Crippen molar-refractivity contribution >= 4 is 43.5 Å². The smallest absolute Gasteiger partial charge is 0.255 e. The fourth-order valence-electron chi connectivity index (χ4n) is 2.01. The van der Waals surface area contributed by atoms with Gasteiger partial charge in [-0.3, -0.25) is 4.79 Å². The minimum Gasteiger partial charge on any atom is -0.322 e. The maximum atomic E-state index is 12.4. The highest BCUT2D eigenvalue weighted by atomic mass is 79.9. The molecule has 0 aromatic heterocycles. The van der Waals surface area contributed by atoms with E-state index in [0.29, 0.717) is 5.56 Å². The predicted molar refractivity (Wildman–Crippen MR) is 90.4 cm³/mol. The average molecular weight is 397 g/mol. The van der Waals surface area contributed by atoms with Crippen LogP contribution in [-0.4, -0.2) is 5.91 Å². The Morgan fingerprint density at radius 2 is 1.75 bits per heavy atom. The first-order valence-corrected chi connectivity index (χ1v) is 7.95. The number of hydrogen-bond acceptors (Lipinski definition) is 1. The van der Waals surface area contributed by atoms with E-state index in [0.717, 1.165) is 32.2 Å². The van der Waals surface area contributed by atoms with E-state index >= 15 is 0 Å². The maximum Gasteiger partial charge on any atom is 0.255 e. The molecule has 0 fully saturated rings. The first-order chi connectivity index (χ1) is 9.51. The highest BCUT2D eigenvalue weighted by molar-refractivity contribution is 9.10. The molecule has 104 valence electrons. The Balaban J connectivity index is 2.30. The molecule has 0 aliphatic rings. The van der Waals surface area contributed by atoms with Crippen LogP contribution in [0.2, 0.25) is 0 Å². The van der Waals surface area contributed by atoms with Crippen LogP contribution in [0.15, 0.2) is 45.3 Å². The van der Waals surface area contributed by atoms with Crippen LogP contribution in [0.1, 0.15) is 28.4 Å². The third-order valence-electron chi connectivity index (χ3n) is 3.14. The van der Waals surface area contributed by atoms with Crippen molar-refractivity contribution < 1.29 is 4.79 Å². The summed E-state index contributed by atoms with van der Waals surface area (Å²) in [5, 5.41) is 2.99. The van der Waals surface area contributed by atoms with Crippen molar-refractivity contribution in [3.8, 4) is 0 Å². The molecule has 0 aliphatic carbocycles. The van der Waals surface area contributed by atoms with Crippen molar-refractivity contribution in [2.24, 2.45) is 0 Å². The van der Waals surface area contributed by atoms with Crippen molar-refractivity contribution in [2.45, 2.75) is 20.3 Å². The zero-order chi connectivity index (χ0) is 14.7. The second kappa shape index (κ2) is 6.55. The normalized spacial score (nSPS) is 10.4. The lowest BCUT2D eigenvalue weighted by molar-refractivity contribution is 0.102. The summed E-state index contributed by atoms with van der Waals surface area (Å²) in [6.45, 7) is 4.01. The molecule has 1 amide bonds. The molecule has 0 saturated heterocycles. The Morgan fingerprint density at radius 3 is 2.45 bits per heavy atom. The van der Waals surface area contributed by atoms with Gasteiger partial charge < -0.3 is 5.32 Å². The highest BCUT2D eigenvalue weighted by Crippen LogP contribution is 2.23. The Morgan fingerprint density at radius 1 is 1.10 bits per heavy atom. The van der Waals surface area contributed by atoms with Crippen LogP contribution < -0.4 is 5.32 Å². The van der Waals surface area contributed by atoms with Gasteiger partial charge in [-0.25, -0.2) is 0 Å². The summed E-state index contributed by atoms with van der Waals surface area (Å²) in [5.41, 5.74) is 3.62. The van der Waals surface area contributed by atoms with Gasteiger partial charge in [0.15, 0.2) is 0 Å². The zero-order valence-electron chi connectivity index (χ0n) is 11.3. The molecule has 2 aromatic carbocycles. The number of aryl methyl sites for hydroxylation is 2. The average Bonchev–Trinajstić information content (AvgIpc) is 2.43. The number of benzene rings is 2. The van der Waals surface area contributed by atoms with Gasteiger partial charge in [-0.15, -0.1) is 0 Å². The Hall–Kier alpha value is -1.13. The third-order valence-corrected chi connectivity index (χ3v) is 4.13. The summed E-state index contributed by atoms with van der Waals surface area (Å²) < 4.78 is 1.92. The summed E-state index contributed by atoms with van der Waals surface area (Å²) in [4.78, 5) is 12.4. The van der Waals surface area contributed by atoms with Crippen molar-refractivity contribution in [3.05, 3.63) is 62.0 Å². The minimum absolute atomic E-state index is 0.0826. The SMILES string of the molecule is CCc1cc(Br)ccc1NC(=O)c1cc(Br)ccc1C. The van der Waals surface area contributed by atoms with Crippen LogP contribution in [0, 0.1) is 6.92 Å². The van der Waals surface area contributed by atoms with Crippen LogP contribution in [0.4, 0.5) is 5.69 Å². The van der Waals surface area contributed by atoms with E-state index in [1.165, 1.54) is 0 Å². The molecule has 0 unspecified atom stereocenters. The van der Waals surface area contributed by atoms with Gasteiger partial charge in [-0.2, -0.15) is 0 Å². The van der Waals surface area contributed by atoms with E-state index in [2.05, 4.69) is 44.1 Å². The molecule has 20 heavy (non-hydrogen) atoms. The van der Waals surface area contributed by atoms with Crippen molar-refractivity contribution in [3.63, 3.8) is 0 Å². The van der Waals surface area contributed by atoms with Crippen LogP contribution in [0.25, 0.3) is 0 Å². The molecule has 0 spiro atoms. The first kappa shape index (κ1) is 15.3. The molecule has 2 nitrogen and oxygen atoms in total. The van der Waals surface area contributed by atoms with Crippen LogP contribution in [-0.2, 0) is 6.42 Å². The quantitative estimate of drug-likeness (QED) is 0.745. The lowest BCUT2D eigenvalue weighted by atomic mass is 10.1. The van der Waals surface area contributed by atoms with Gasteiger partial charge in [0.1, 0.15) is 0 Å². The lowest BCUT2D eigenvalue weighted by Gasteiger charge is -2.12. The molecular formula is C16H15Br2NO. The van der Waals surface area contributed by atoms with Gasteiger partial charge in [0.05, 0.1) is 0 Å². The van der Waals surface area contributed by atoms with Gasteiger partial charge in [-0.1, -0.05) is 44.8 Å². The van der Waals surface area contributed by atoms with Crippen molar-refractivity contribution in [1.29, 1.82) is 0 Å². The second-order valence-corrected chi connectivity index (χ2v) is 6.40. The molecule has 4 heteroatoms. The largest absolute Gasteiger partial charge is 0.322 e. The number of nitrogens with one attached hydrogen (secondary N) is 1. The number of amides is 1. The molecule has 0 radical (unpaired) electrons. The number of anilines is 1. The van der Waals surface area contributed by atoms with Gasteiger partial charge in [0, 0.05) is 20.2 Å². The van der Waals surface area contributed by atoms with E-state index in [4.69, 9.17) is 0 Å². The van der Waals surface area contributed by atoms with Gasteiger partial charge in [0.2, 0.25) is 0 Å². The standard InChI is InChI=1S/C16H15Br2NO/c1-3-11-8-12(17)6-7-15(11)19-16(20)14-9-13(18)5-4-10(14)2/h4-9H,3H2,1-2H3,(H,19,20). The molecular weight excluding hydrogens is 382 g/mol. The molecule has 2 aromatic rings. The first-order valence-electron chi connectivity index (χ1n) is 6.37. The van der Waals surface area contributed by atoms with Crippen LogP contribution >= 0.6 is 31.9 Å². The Kier molecular flexibility index (Phi) is 5.00. The molecule has 0 heterocycles. The number of halogens is 2. The van der Waals surface area contributed by atoms with E-state index in [1.54, 1.807) is 0 Å². The van der Waals surface area contributed by atoms with Gasteiger partial charge in [-0.05, 0) is 54.8 Å². The fourth-order valence-corrected chi connectivity index (χ4v) is 2.77. The van der Waals surface area contributed by atoms with Gasteiger partial charge in [0.25, 0.3) is 5.91 Å². The monoisotopic (exact) mass is 395 g/mol. The van der Waals surface area contributed by atoms with E-state index in [1.807, 2.05) is 43.3 Å². The molecule has 0 bridgehead atoms. The van der Waals surface area contributed by atoms with Crippen LogP contribution in [0.3, 0.4) is 0 Å². The molecule has 0 atom stereocenters. The lowest BCUT2D eigenvalue weighted by Crippen LogP contribution is -2.14. The van der Waals surface area contributed by atoms with E-state index in [9.17, 15) is 4.79 Å². The van der Waals surface area contributed by atoms with Crippen molar-refractivity contribution in [2.75, 3.05) is 5.32 Å². The Bertz CT molecular complexity index is 653. The number of carbonyl (C=O) groups excluding carboxylic acids is 1. The van der Waals surface area contributed by atoms with E-state index < -0.39 is 0 Å². The summed E-state index contributed by atoms with van der Waals surface area (Å²) in [6.07, 6.45) is 0.868. The molecule has 0 saturated carbocycles. The number of hydrogen-bond donors (Lipinski definition) is 1. The zero-order valence-corrected chi connectivity index (χ0v) is 14.5. The van der Waals surface area contributed by atoms with E-state index in [-0.39, 0.29) is 5.91 Å². The minimum atomic E-state index is -0.0826. The highest BCUT2D eigenvalue weighted by Gasteiger charge is 2.11.